The van der Waals surface area contributed by atoms with E-state index >= 15 is 0 Å². The van der Waals surface area contributed by atoms with E-state index in [-0.39, 0.29) is 10.6 Å². The number of hydrogen-bond acceptors (Lipinski definition) is 4. The van der Waals surface area contributed by atoms with Crippen LogP contribution in [0.2, 0.25) is 0 Å². The molecule has 1 atom stereocenters. The Morgan fingerprint density at radius 3 is 2.80 bits per heavy atom. The van der Waals surface area contributed by atoms with E-state index in [1.54, 1.807) is 0 Å². The fourth-order valence-corrected chi connectivity index (χ4v) is 3.02. The van der Waals surface area contributed by atoms with Gasteiger partial charge in [-0.25, -0.2) is 0 Å². The first-order valence-electron chi connectivity index (χ1n) is 7.63. The maximum absolute atomic E-state index is 11.2. The highest BCUT2D eigenvalue weighted by Gasteiger charge is 2.25. The third kappa shape index (κ3) is 3.17. The van der Waals surface area contributed by atoms with E-state index in [0.29, 0.717) is 24.6 Å². The number of nitrogens with one attached hydrogen (secondary N) is 1. The number of hydrogen-bond donors (Lipinski definition) is 1. The lowest BCUT2D eigenvalue weighted by Gasteiger charge is -2.10. The molecule has 1 unspecified atom stereocenters. The van der Waals surface area contributed by atoms with E-state index in [4.69, 9.17) is 0 Å². The van der Waals surface area contributed by atoms with Crippen molar-refractivity contribution in [2.24, 2.45) is 0 Å². The zero-order valence-electron chi connectivity index (χ0n) is 12.4. The summed E-state index contributed by atoms with van der Waals surface area (Å²) in [6.07, 6.45) is 5.93. The van der Waals surface area contributed by atoms with Gasteiger partial charge in [0.2, 0.25) is 0 Å². The van der Waals surface area contributed by atoms with Crippen molar-refractivity contribution in [3.8, 4) is 0 Å². The second-order valence-electron chi connectivity index (χ2n) is 5.36. The van der Waals surface area contributed by atoms with Crippen molar-refractivity contribution < 1.29 is 4.92 Å². The minimum Gasteiger partial charge on any atom is -0.314 e. The van der Waals surface area contributed by atoms with E-state index in [9.17, 15) is 10.1 Å². The normalized spacial score (nSPS) is 18.6. The zero-order valence-corrected chi connectivity index (χ0v) is 12.4. The molecule has 20 heavy (non-hydrogen) atoms. The van der Waals surface area contributed by atoms with Gasteiger partial charge in [0.15, 0.2) is 0 Å². The molecule has 1 fully saturated rings. The maximum atomic E-state index is 11.2. The summed E-state index contributed by atoms with van der Waals surface area (Å²) < 4.78 is 1.85. The lowest BCUT2D eigenvalue weighted by atomic mass is 10.1. The van der Waals surface area contributed by atoms with E-state index in [1.165, 1.54) is 12.8 Å². The molecule has 1 aliphatic heterocycles. The average molecular weight is 280 g/mol. The fraction of sp³-hybridized carbons (Fsp3) is 0.786. The van der Waals surface area contributed by atoms with Gasteiger partial charge in [-0.15, -0.1) is 0 Å². The molecule has 0 spiro atoms. The van der Waals surface area contributed by atoms with Crippen molar-refractivity contribution in [1.29, 1.82) is 0 Å². The van der Waals surface area contributed by atoms with Crippen LogP contribution in [0.4, 0.5) is 5.69 Å². The lowest BCUT2D eigenvalue weighted by Crippen LogP contribution is -2.21. The SMILES string of the molecule is CCc1nn(CCCC2CCCN2)c(CC)c1[N+](=O)[O-]. The highest BCUT2D eigenvalue weighted by atomic mass is 16.6. The summed E-state index contributed by atoms with van der Waals surface area (Å²) in [5.41, 5.74) is 1.62. The molecule has 1 aromatic rings. The Bertz CT molecular complexity index is 464. The Balaban J connectivity index is 2.04. The molecule has 1 aliphatic rings. The Labute approximate surface area is 119 Å². The highest BCUT2D eigenvalue weighted by molar-refractivity contribution is 5.41. The van der Waals surface area contributed by atoms with E-state index in [1.807, 2.05) is 18.5 Å². The summed E-state index contributed by atoms with van der Waals surface area (Å²) in [6, 6.07) is 0.622. The molecule has 0 bridgehead atoms. The average Bonchev–Trinajstić information content (AvgIpc) is 3.05. The standard InChI is InChI=1S/C14H24N4O2/c1-3-12-14(18(19)20)13(4-2)17(16-12)10-6-8-11-7-5-9-15-11/h11,15H,3-10H2,1-2H3. The van der Waals surface area contributed by atoms with Crippen LogP contribution in [0.5, 0.6) is 0 Å². The molecular formula is C14H24N4O2. The van der Waals surface area contributed by atoms with Gasteiger partial charge in [0, 0.05) is 12.6 Å². The molecule has 2 heterocycles. The first kappa shape index (κ1) is 15.0. The fourth-order valence-electron chi connectivity index (χ4n) is 3.02. The molecule has 6 heteroatoms. The van der Waals surface area contributed by atoms with Gasteiger partial charge in [0.05, 0.1) is 4.92 Å². The second kappa shape index (κ2) is 6.83. The number of aryl methyl sites for hydroxylation is 2. The third-order valence-corrected chi connectivity index (χ3v) is 4.04. The van der Waals surface area contributed by atoms with Gasteiger partial charge >= 0.3 is 5.69 Å². The van der Waals surface area contributed by atoms with Gasteiger partial charge in [-0.3, -0.25) is 14.8 Å². The van der Waals surface area contributed by atoms with E-state index in [2.05, 4.69) is 10.4 Å². The van der Waals surface area contributed by atoms with Crippen molar-refractivity contribution in [1.82, 2.24) is 15.1 Å². The molecule has 1 N–H and O–H groups in total. The minimum atomic E-state index is -0.278. The molecule has 112 valence electrons. The van der Waals surface area contributed by atoms with Crippen LogP contribution < -0.4 is 5.32 Å². The van der Waals surface area contributed by atoms with Crippen molar-refractivity contribution in [3.05, 3.63) is 21.5 Å². The number of nitrogens with zero attached hydrogens (tertiary/aromatic N) is 3. The summed E-state index contributed by atoms with van der Waals surface area (Å²) in [4.78, 5) is 10.9. The van der Waals surface area contributed by atoms with Crippen LogP contribution >= 0.6 is 0 Å². The van der Waals surface area contributed by atoms with Crippen LogP contribution in [-0.4, -0.2) is 27.3 Å². The Morgan fingerprint density at radius 2 is 2.25 bits per heavy atom. The minimum absolute atomic E-state index is 0.231. The van der Waals surface area contributed by atoms with E-state index < -0.39 is 0 Å². The molecule has 0 amide bonds. The lowest BCUT2D eigenvalue weighted by molar-refractivity contribution is -0.386. The largest absolute Gasteiger partial charge is 0.314 e. The molecule has 1 saturated heterocycles. The first-order chi connectivity index (χ1) is 9.67. The van der Waals surface area contributed by atoms with Crippen LogP contribution in [0.15, 0.2) is 0 Å². The summed E-state index contributed by atoms with van der Waals surface area (Å²) in [6.45, 7) is 5.78. The van der Waals surface area contributed by atoms with Crippen molar-refractivity contribution >= 4 is 5.69 Å². The quantitative estimate of drug-likeness (QED) is 0.615. The Kier molecular flexibility index (Phi) is 5.11. The summed E-state index contributed by atoms with van der Waals surface area (Å²) in [7, 11) is 0. The number of aromatic nitrogens is 2. The van der Waals surface area contributed by atoms with Crippen molar-refractivity contribution in [2.45, 2.75) is 65.0 Å². The first-order valence-corrected chi connectivity index (χ1v) is 7.63. The number of rotatable bonds is 7. The third-order valence-electron chi connectivity index (χ3n) is 4.04. The van der Waals surface area contributed by atoms with Crippen LogP contribution in [0.3, 0.4) is 0 Å². The summed E-state index contributed by atoms with van der Waals surface area (Å²) >= 11 is 0. The van der Waals surface area contributed by atoms with Gasteiger partial charge in [-0.05, 0) is 45.1 Å². The predicted octanol–water partition coefficient (Wildman–Crippen LogP) is 2.45. The predicted molar refractivity (Wildman–Crippen MR) is 77.9 cm³/mol. The molecule has 0 aliphatic carbocycles. The van der Waals surface area contributed by atoms with Gasteiger partial charge in [-0.2, -0.15) is 5.10 Å². The molecule has 1 aromatic heterocycles. The van der Waals surface area contributed by atoms with Crippen LogP contribution in [0.25, 0.3) is 0 Å². The number of nitro groups is 1. The van der Waals surface area contributed by atoms with Gasteiger partial charge in [0.25, 0.3) is 0 Å². The van der Waals surface area contributed by atoms with Crippen molar-refractivity contribution in [2.75, 3.05) is 6.54 Å². The smallest absolute Gasteiger partial charge is 0.313 e. The van der Waals surface area contributed by atoms with Crippen LogP contribution in [0, 0.1) is 10.1 Å². The summed E-state index contributed by atoms with van der Waals surface area (Å²) in [5.74, 6) is 0. The monoisotopic (exact) mass is 280 g/mol. The van der Waals surface area contributed by atoms with Crippen molar-refractivity contribution in [3.63, 3.8) is 0 Å². The van der Waals surface area contributed by atoms with Gasteiger partial charge in [0.1, 0.15) is 11.4 Å². The summed E-state index contributed by atoms with van der Waals surface area (Å²) in [5, 5.41) is 19.1. The van der Waals surface area contributed by atoms with Gasteiger partial charge < -0.3 is 5.32 Å². The molecule has 0 radical (unpaired) electrons. The Hall–Kier alpha value is -1.43. The molecule has 0 aromatic carbocycles. The zero-order chi connectivity index (χ0) is 14.5. The second-order valence-corrected chi connectivity index (χ2v) is 5.36. The van der Waals surface area contributed by atoms with E-state index in [0.717, 1.165) is 31.6 Å². The molecule has 0 saturated carbocycles. The molecular weight excluding hydrogens is 256 g/mol. The Morgan fingerprint density at radius 1 is 1.45 bits per heavy atom. The topological polar surface area (TPSA) is 73.0 Å². The molecule has 2 rings (SSSR count). The van der Waals surface area contributed by atoms with Gasteiger partial charge in [-0.1, -0.05) is 13.8 Å². The van der Waals surface area contributed by atoms with Crippen LogP contribution in [-0.2, 0) is 19.4 Å². The maximum Gasteiger partial charge on any atom is 0.313 e. The van der Waals surface area contributed by atoms with Crippen LogP contribution in [0.1, 0.15) is 50.9 Å². The molecule has 6 nitrogen and oxygen atoms in total. The highest BCUT2D eigenvalue weighted by Crippen LogP contribution is 2.25.